The topological polar surface area (TPSA) is 35.5 Å². The van der Waals surface area contributed by atoms with Gasteiger partial charge in [-0.2, -0.15) is 0 Å². The monoisotopic (exact) mass is 300 g/mol. The van der Waals surface area contributed by atoms with Crippen LogP contribution in [0, 0.1) is 0 Å². The quantitative estimate of drug-likeness (QED) is 0.608. The number of ether oxygens (including phenoxy) is 1. The molecule has 0 spiro atoms. The Morgan fingerprint density at radius 1 is 1.21 bits per heavy atom. The second-order valence-corrected chi connectivity index (χ2v) is 11.1. The molecule has 0 aliphatic carbocycles. The minimum atomic E-state index is -1.99. The molecule has 1 aromatic carbocycles. The highest BCUT2D eigenvalue weighted by Gasteiger charge is 2.39. The molecule has 1 rings (SSSR count). The highest BCUT2D eigenvalue weighted by molar-refractivity contribution is 6.74. The first-order valence-electron chi connectivity index (χ1n) is 6.15. The van der Waals surface area contributed by atoms with Crippen molar-refractivity contribution in [3.05, 3.63) is 23.8 Å². The van der Waals surface area contributed by atoms with E-state index in [4.69, 9.17) is 20.8 Å². The number of halogens is 1. The molecule has 0 saturated carbocycles. The van der Waals surface area contributed by atoms with Crippen LogP contribution in [-0.4, -0.2) is 20.7 Å². The van der Waals surface area contributed by atoms with Gasteiger partial charge in [0.05, 0.1) is 7.11 Å². The van der Waals surface area contributed by atoms with E-state index in [1.54, 1.807) is 25.3 Å². The third-order valence-corrected chi connectivity index (χ3v) is 8.12. The molecule has 0 unspecified atom stereocenters. The molecule has 0 amide bonds. The van der Waals surface area contributed by atoms with Gasteiger partial charge in [0.15, 0.2) is 5.75 Å². The normalized spacial score (nSPS) is 12.2. The number of hydrogen-bond acceptors (Lipinski definition) is 3. The lowest BCUT2D eigenvalue weighted by molar-refractivity contribution is 0.108. The SMILES string of the molecule is COc1ccc(C(=O)Cl)cc1O[Si](C)(C)C(C)(C)C. The summed E-state index contributed by atoms with van der Waals surface area (Å²) in [6, 6.07) is 4.99. The summed E-state index contributed by atoms with van der Waals surface area (Å²) in [5.41, 5.74) is 0.413. The largest absolute Gasteiger partial charge is 0.541 e. The van der Waals surface area contributed by atoms with Crippen molar-refractivity contribution in [3.63, 3.8) is 0 Å². The molecule has 0 aliphatic rings. The molecule has 3 nitrogen and oxygen atoms in total. The summed E-state index contributed by atoms with van der Waals surface area (Å²) < 4.78 is 11.5. The van der Waals surface area contributed by atoms with Gasteiger partial charge in [0.25, 0.3) is 13.6 Å². The van der Waals surface area contributed by atoms with E-state index in [-0.39, 0.29) is 5.04 Å². The highest BCUT2D eigenvalue weighted by Crippen LogP contribution is 2.40. The summed E-state index contributed by atoms with van der Waals surface area (Å²) in [6.45, 7) is 10.7. The molecule has 0 fully saturated rings. The highest BCUT2D eigenvalue weighted by atomic mass is 35.5. The van der Waals surface area contributed by atoms with E-state index < -0.39 is 13.6 Å². The fourth-order valence-electron chi connectivity index (χ4n) is 1.31. The Morgan fingerprint density at radius 3 is 2.21 bits per heavy atom. The van der Waals surface area contributed by atoms with Crippen LogP contribution in [0.25, 0.3) is 0 Å². The summed E-state index contributed by atoms with van der Waals surface area (Å²) in [5, 5.41) is -0.429. The van der Waals surface area contributed by atoms with E-state index in [1.165, 1.54) is 0 Å². The van der Waals surface area contributed by atoms with E-state index in [2.05, 4.69) is 33.9 Å². The molecule has 0 saturated heterocycles. The maximum absolute atomic E-state index is 11.2. The van der Waals surface area contributed by atoms with Crippen molar-refractivity contribution in [1.29, 1.82) is 0 Å². The average Bonchev–Trinajstić information content (AvgIpc) is 2.26. The minimum absolute atomic E-state index is 0.0684. The first kappa shape index (κ1) is 16.1. The summed E-state index contributed by atoms with van der Waals surface area (Å²) in [7, 11) is -0.406. The third-order valence-electron chi connectivity index (χ3n) is 3.56. The second-order valence-electron chi connectivity index (χ2n) is 6.00. The van der Waals surface area contributed by atoms with Crippen LogP contribution in [0.15, 0.2) is 18.2 Å². The summed E-state index contributed by atoms with van der Waals surface area (Å²) in [5.74, 6) is 1.20. The number of carbonyl (C=O) groups is 1. The molecule has 19 heavy (non-hydrogen) atoms. The van der Waals surface area contributed by atoms with Gasteiger partial charge >= 0.3 is 0 Å². The molecule has 0 heterocycles. The molecule has 0 aliphatic heterocycles. The van der Waals surface area contributed by atoms with Crippen LogP contribution in [0.2, 0.25) is 18.1 Å². The lowest BCUT2D eigenvalue weighted by atomic mass is 10.2. The molecule has 0 aromatic heterocycles. The molecule has 106 valence electrons. The maximum Gasteiger partial charge on any atom is 0.252 e. The van der Waals surface area contributed by atoms with E-state index in [0.29, 0.717) is 17.1 Å². The van der Waals surface area contributed by atoms with E-state index >= 15 is 0 Å². The summed E-state index contributed by atoms with van der Waals surface area (Å²) in [6.07, 6.45) is 0. The Hall–Kier alpha value is -1.00. The van der Waals surface area contributed by atoms with Gasteiger partial charge in [-0.15, -0.1) is 0 Å². The molecular weight excluding hydrogens is 280 g/mol. The Balaban J connectivity index is 3.18. The van der Waals surface area contributed by atoms with Crippen molar-refractivity contribution < 1.29 is 14.0 Å². The van der Waals surface area contributed by atoms with Gasteiger partial charge in [0, 0.05) is 5.56 Å². The summed E-state index contributed by atoms with van der Waals surface area (Å²) in [4.78, 5) is 11.2. The number of hydrogen-bond donors (Lipinski definition) is 0. The zero-order chi connectivity index (χ0) is 14.8. The Bertz CT molecular complexity index is 478. The number of benzene rings is 1. The van der Waals surface area contributed by atoms with Gasteiger partial charge in [-0.1, -0.05) is 20.8 Å². The molecule has 1 aromatic rings. The van der Waals surface area contributed by atoms with Crippen molar-refractivity contribution >= 4 is 25.2 Å². The molecule has 0 N–H and O–H groups in total. The molecule has 0 radical (unpaired) electrons. The van der Waals surface area contributed by atoms with Crippen molar-refractivity contribution in [2.45, 2.75) is 38.9 Å². The van der Waals surface area contributed by atoms with Crippen LogP contribution in [0.5, 0.6) is 11.5 Å². The molecule has 0 bridgehead atoms. The fourth-order valence-corrected chi connectivity index (χ4v) is 2.44. The van der Waals surface area contributed by atoms with Crippen molar-refractivity contribution in [3.8, 4) is 11.5 Å². The predicted molar refractivity (Wildman–Crippen MR) is 81.0 cm³/mol. The predicted octanol–water partition coefficient (Wildman–Crippen LogP) is 4.46. The van der Waals surface area contributed by atoms with Gasteiger partial charge < -0.3 is 9.16 Å². The Morgan fingerprint density at radius 2 is 1.79 bits per heavy atom. The van der Waals surface area contributed by atoms with Crippen LogP contribution in [-0.2, 0) is 0 Å². The fraction of sp³-hybridized carbons (Fsp3) is 0.500. The van der Waals surface area contributed by atoms with Gasteiger partial charge in [-0.25, -0.2) is 0 Å². The van der Waals surface area contributed by atoms with Gasteiger partial charge in [-0.3, -0.25) is 4.79 Å². The molecular formula is C14H21ClO3Si. The first-order chi connectivity index (χ1) is 8.58. The van der Waals surface area contributed by atoms with Crippen molar-refractivity contribution in [2.75, 3.05) is 7.11 Å². The van der Waals surface area contributed by atoms with Crippen molar-refractivity contribution in [1.82, 2.24) is 0 Å². The van der Waals surface area contributed by atoms with Crippen LogP contribution >= 0.6 is 11.6 Å². The minimum Gasteiger partial charge on any atom is -0.541 e. The molecule has 5 heteroatoms. The van der Waals surface area contributed by atoms with Gasteiger partial charge in [0.2, 0.25) is 0 Å². The van der Waals surface area contributed by atoms with Crippen LogP contribution in [0.1, 0.15) is 31.1 Å². The van der Waals surface area contributed by atoms with E-state index in [0.717, 1.165) is 0 Å². The van der Waals surface area contributed by atoms with Crippen LogP contribution in [0.3, 0.4) is 0 Å². The third kappa shape index (κ3) is 3.73. The number of rotatable bonds is 4. The first-order valence-corrected chi connectivity index (χ1v) is 9.44. The smallest absolute Gasteiger partial charge is 0.252 e. The molecule has 0 atom stereocenters. The summed E-state index contributed by atoms with van der Waals surface area (Å²) >= 11 is 5.51. The van der Waals surface area contributed by atoms with E-state index in [1.807, 2.05) is 0 Å². The number of carbonyl (C=O) groups excluding carboxylic acids is 1. The van der Waals surface area contributed by atoms with E-state index in [9.17, 15) is 4.79 Å². The van der Waals surface area contributed by atoms with Gasteiger partial charge in [0.1, 0.15) is 5.75 Å². The van der Waals surface area contributed by atoms with Crippen LogP contribution < -0.4 is 9.16 Å². The second kappa shape index (κ2) is 5.55. The lowest BCUT2D eigenvalue weighted by Gasteiger charge is -2.36. The maximum atomic E-state index is 11.2. The standard InChI is InChI=1S/C14H21ClO3Si/c1-14(2,3)19(5,6)18-12-9-10(13(15)16)7-8-11(12)17-4/h7-9H,1-6H3. The average molecular weight is 301 g/mol. The Labute approximate surface area is 121 Å². The lowest BCUT2D eigenvalue weighted by Crippen LogP contribution is -2.43. The van der Waals surface area contributed by atoms with Crippen LogP contribution in [0.4, 0.5) is 0 Å². The zero-order valence-corrected chi connectivity index (χ0v) is 14.1. The Kier molecular flexibility index (Phi) is 4.69. The van der Waals surface area contributed by atoms with Crippen molar-refractivity contribution in [2.24, 2.45) is 0 Å². The number of methoxy groups -OCH3 is 1. The van der Waals surface area contributed by atoms with Gasteiger partial charge in [-0.05, 0) is 47.9 Å². The zero-order valence-electron chi connectivity index (χ0n) is 12.3.